The Morgan fingerprint density at radius 1 is 1.03 bits per heavy atom. The summed E-state index contributed by atoms with van der Waals surface area (Å²) in [6, 6.07) is 22.9. The summed E-state index contributed by atoms with van der Waals surface area (Å²) in [5.41, 5.74) is 7.19. The molecule has 1 N–H and O–H groups in total. The minimum Gasteiger partial charge on any atom is -0.489 e. The van der Waals surface area contributed by atoms with E-state index in [1.165, 1.54) is 12.1 Å². The minimum atomic E-state index is -0.392. The van der Waals surface area contributed by atoms with Crippen LogP contribution >= 0.6 is 11.6 Å². The second kappa shape index (κ2) is 11.6. The van der Waals surface area contributed by atoms with Gasteiger partial charge in [0, 0.05) is 22.6 Å². The molecule has 0 bridgehead atoms. The molecule has 4 aromatic rings. The van der Waals surface area contributed by atoms with Crippen molar-refractivity contribution in [3.63, 3.8) is 0 Å². The number of aromatic nitrogens is 1. The molecule has 0 aliphatic heterocycles. The monoisotopic (exact) mass is 505 g/mol. The van der Waals surface area contributed by atoms with Crippen LogP contribution in [0.4, 0.5) is 4.39 Å². The summed E-state index contributed by atoms with van der Waals surface area (Å²) < 4.78 is 26.4. The van der Waals surface area contributed by atoms with E-state index in [9.17, 15) is 9.18 Å². The average molecular weight is 506 g/mol. The number of benzene rings is 3. The minimum absolute atomic E-state index is 0.199. The Labute approximate surface area is 213 Å². The smallest absolute Gasteiger partial charge is 0.277 e. The predicted octanol–water partition coefficient (Wildman–Crippen LogP) is 5.99. The van der Waals surface area contributed by atoms with Crippen molar-refractivity contribution >= 4 is 23.7 Å². The number of hydrazone groups is 1. The predicted molar refractivity (Wildman–Crippen MR) is 139 cm³/mol. The molecule has 0 saturated heterocycles. The molecule has 0 aliphatic rings. The van der Waals surface area contributed by atoms with Gasteiger partial charge in [0.25, 0.3) is 5.91 Å². The van der Waals surface area contributed by atoms with Crippen LogP contribution in [0.3, 0.4) is 0 Å². The Hall–Kier alpha value is -4.10. The SMILES string of the molecule is Cc1cc(/C=N\NC(=O)COc2ccccc2Cl)c(C)n1-c1ccc(OCc2ccc(F)cc2)cc1. The molecule has 0 radical (unpaired) electrons. The van der Waals surface area contributed by atoms with Gasteiger partial charge in [-0.05, 0) is 74.0 Å². The summed E-state index contributed by atoms with van der Waals surface area (Å²) in [4.78, 5) is 12.1. The maximum Gasteiger partial charge on any atom is 0.277 e. The number of para-hydroxylation sites is 1. The van der Waals surface area contributed by atoms with Crippen molar-refractivity contribution in [2.45, 2.75) is 20.5 Å². The highest BCUT2D eigenvalue weighted by Gasteiger charge is 2.10. The summed E-state index contributed by atoms with van der Waals surface area (Å²) in [7, 11) is 0. The molecule has 8 heteroatoms. The lowest BCUT2D eigenvalue weighted by atomic mass is 10.2. The number of carbonyl (C=O) groups excluding carboxylic acids is 1. The molecule has 0 fully saturated rings. The lowest BCUT2D eigenvalue weighted by molar-refractivity contribution is -0.123. The van der Waals surface area contributed by atoms with Gasteiger partial charge in [-0.1, -0.05) is 35.9 Å². The van der Waals surface area contributed by atoms with E-state index in [1.54, 1.807) is 42.6 Å². The fourth-order valence-corrected chi connectivity index (χ4v) is 3.86. The number of nitrogens with zero attached hydrogens (tertiary/aromatic N) is 2. The van der Waals surface area contributed by atoms with Gasteiger partial charge in [0.2, 0.25) is 0 Å². The van der Waals surface area contributed by atoms with Crippen molar-refractivity contribution in [1.82, 2.24) is 9.99 Å². The van der Waals surface area contributed by atoms with Crippen molar-refractivity contribution in [3.05, 3.63) is 112 Å². The number of hydrogen-bond acceptors (Lipinski definition) is 4. The third kappa shape index (κ3) is 6.31. The van der Waals surface area contributed by atoms with E-state index >= 15 is 0 Å². The largest absolute Gasteiger partial charge is 0.489 e. The molecule has 0 aliphatic carbocycles. The first-order valence-corrected chi connectivity index (χ1v) is 11.6. The number of halogens is 2. The van der Waals surface area contributed by atoms with E-state index < -0.39 is 5.91 Å². The Bertz CT molecular complexity index is 1370. The number of ether oxygens (including phenoxy) is 2. The normalized spacial score (nSPS) is 11.0. The molecule has 0 atom stereocenters. The van der Waals surface area contributed by atoms with Crippen molar-refractivity contribution in [2.24, 2.45) is 5.10 Å². The van der Waals surface area contributed by atoms with Crippen LogP contribution in [0.2, 0.25) is 5.02 Å². The van der Waals surface area contributed by atoms with E-state index in [0.717, 1.165) is 28.2 Å². The maximum absolute atomic E-state index is 13.0. The van der Waals surface area contributed by atoms with E-state index in [1.807, 2.05) is 44.2 Å². The highest BCUT2D eigenvalue weighted by molar-refractivity contribution is 6.32. The van der Waals surface area contributed by atoms with Crippen LogP contribution in [-0.2, 0) is 11.4 Å². The van der Waals surface area contributed by atoms with Gasteiger partial charge in [-0.25, -0.2) is 9.82 Å². The van der Waals surface area contributed by atoms with Crippen LogP contribution < -0.4 is 14.9 Å². The Balaban J connectivity index is 1.35. The number of carbonyl (C=O) groups is 1. The van der Waals surface area contributed by atoms with Crippen LogP contribution in [0.1, 0.15) is 22.5 Å². The third-order valence-electron chi connectivity index (χ3n) is 5.47. The summed E-state index contributed by atoms with van der Waals surface area (Å²) >= 11 is 6.02. The Morgan fingerprint density at radius 3 is 2.47 bits per heavy atom. The molecular formula is C28H25ClFN3O3. The fraction of sp³-hybridized carbons (Fsp3) is 0.143. The lowest BCUT2D eigenvalue weighted by Crippen LogP contribution is -2.24. The summed E-state index contributed by atoms with van der Waals surface area (Å²) in [5.74, 6) is 0.494. The molecule has 1 aromatic heterocycles. The molecular weight excluding hydrogens is 481 g/mol. The molecule has 1 amide bonds. The summed E-state index contributed by atoms with van der Waals surface area (Å²) in [6.07, 6.45) is 1.60. The summed E-state index contributed by atoms with van der Waals surface area (Å²) in [6.45, 7) is 4.14. The number of aryl methyl sites for hydroxylation is 1. The van der Waals surface area contributed by atoms with E-state index in [-0.39, 0.29) is 12.4 Å². The highest BCUT2D eigenvalue weighted by Crippen LogP contribution is 2.24. The zero-order chi connectivity index (χ0) is 25.5. The number of nitrogens with one attached hydrogen (secondary N) is 1. The third-order valence-corrected chi connectivity index (χ3v) is 5.78. The average Bonchev–Trinajstić information content (AvgIpc) is 3.16. The highest BCUT2D eigenvalue weighted by atomic mass is 35.5. The van der Waals surface area contributed by atoms with E-state index in [2.05, 4.69) is 15.1 Å². The molecule has 184 valence electrons. The molecule has 4 rings (SSSR count). The van der Waals surface area contributed by atoms with Crippen LogP contribution in [0.25, 0.3) is 5.69 Å². The molecule has 3 aromatic carbocycles. The van der Waals surface area contributed by atoms with Crippen LogP contribution in [0, 0.1) is 19.7 Å². The van der Waals surface area contributed by atoms with Gasteiger partial charge in [-0.2, -0.15) is 5.10 Å². The second-order valence-corrected chi connectivity index (χ2v) is 8.49. The van der Waals surface area contributed by atoms with Crippen molar-refractivity contribution in [1.29, 1.82) is 0 Å². The fourth-order valence-electron chi connectivity index (χ4n) is 3.67. The first-order valence-electron chi connectivity index (χ1n) is 11.3. The Kier molecular flexibility index (Phi) is 8.02. The van der Waals surface area contributed by atoms with Gasteiger partial charge < -0.3 is 14.0 Å². The van der Waals surface area contributed by atoms with Crippen molar-refractivity contribution < 1.29 is 18.7 Å². The van der Waals surface area contributed by atoms with Gasteiger partial charge in [0.15, 0.2) is 6.61 Å². The van der Waals surface area contributed by atoms with Gasteiger partial charge in [0.1, 0.15) is 23.9 Å². The maximum atomic E-state index is 13.0. The molecule has 36 heavy (non-hydrogen) atoms. The number of rotatable bonds is 9. The van der Waals surface area contributed by atoms with E-state index in [0.29, 0.717) is 23.1 Å². The van der Waals surface area contributed by atoms with Gasteiger partial charge in [0.05, 0.1) is 11.2 Å². The van der Waals surface area contributed by atoms with Crippen molar-refractivity contribution in [3.8, 4) is 17.2 Å². The Morgan fingerprint density at radius 2 is 1.75 bits per heavy atom. The van der Waals surface area contributed by atoms with Gasteiger partial charge >= 0.3 is 0 Å². The second-order valence-electron chi connectivity index (χ2n) is 8.08. The topological polar surface area (TPSA) is 64.8 Å². The zero-order valence-corrected chi connectivity index (χ0v) is 20.6. The van der Waals surface area contributed by atoms with Crippen LogP contribution in [0.15, 0.2) is 84.0 Å². The van der Waals surface area contributed by atoms with Gasteiger partial charge in [-0.15, -0.1) is 0 Å². The molecule has 6 nitrogen and oxygen atoms in total. The molecule has 0 unspecified atom stereocenters. The number of amides is 1. The molecule has 1 heterocycles. The first-order chi connectivity index (χ1) is 17.4. The standard InChI is InChI=1S/C28H25ClFN3O3/c1-19-15-22(16-31-32-28(34)18-36-27-6-4-3-5-26(27)29)20(2)33(19)24-11-13-25(14-12-24)35-17-21-7-9-23(30)10-8-21/h3-16H,17-18H2,1-2H3,(H,32,34)/b31-16-. The number of hydrogen-bond donors (Lipinski definition) is 1. The quantitative estimate of drug-likeness (QED) is 0.224. The molecule has 0 saturated carbocycles. The summed E-state index contributed by atoms with van der Waals surface area (Å²) in [5, 5.41) is 4.50. The van der Waals surface area contributed by atoms with Crippen LogP contribution in [-0.4, -0.2) is 23.3 Å². The van der Waals surface area contributed by atoms with Crippen molar-refractivity contribution in [2.75, 3.05) is 6.61 Å². The molecule has 0 spiro atoms. The van der Waals surface area contributed by atoms with Gasteiger partial charge in [-0.3, -0.25) is 4.79 Å². The lowest BCUT2D eigenvalue weighted by Gasteiger charge is -2.11. The zero-order valence-electron chi connectivity index (χ0n) is 19.9. The van der Waals surface area contributed by atoms with Crippen LogP contribution in [0.5, 0.6) is 11.5 Å². The van der Waals surface area contributed by atoms with E-state index in [4.69, 9.17) is 21.1 Å². The first kappa shape index (κ1) is 25.0.